The highest BCUT2D eigenvalue weighted by Gasteiger charge is 2.11. The molecule has 0 aliphatic heterocycles. The van der Waals surface area contributed by atoms with E-state index >= 15 is 0 Å². The molecule has 2 aromatic heterocycles. The third kappa shape index (κ3) is 5.48. The Morgan fingerprint density at radius 2 is 1.74 bits per heavy atom. The maximum Gasteiger partial charge on any atom is 0.269 e. The van der Waals surface area contributed by atoms with E-state index in [1.165, 1.54) is 0 Å². The molecule has 0 saturated heterocycles. The van der Waals surface area contributed by atoms with E-state index in [2.05, 4.69) is 20.9 Å². The number of nitrogens with zero attached hydrogens (tertiary/aromatic N) is 3. The summed E-state index contributed by atoms with van der Waals surface area (Å²) < 4.78 is 8.05. The SMILES string of the molecule is O=C(NCCc1nc2ccccc2n1CCCCOc1ccccc1)c1ccccn1. The number of unbranched alkanes of at least 4 members (excludes halogenated alkanes) is 1. The fourth-order valence-electron chi connectivity index (χ4n) is 3.52. The molecule has 0 bridgehead atoms. The number of benzene rings is 2. The number of hydrogen-bond acceptors (Lipinski definition) is 4. The molecule has 0 unspecified atom stereocenters. The van der Waals surface area contributed by atoms with Crippen LogP contribution in [0.5, 0.6) is 5.75 Å². The molecule has 6 nitrogen and oxygen atoms in total. The van der Waals surface area contributed by atoms with Crippen molar-refractivity contribution in [1.29, 1.82) is 0 Å². The summed E-state index contributed by atoms with van der Waals surface area (Å²) in [6.07, 6.45) is 4.22. The molecular formula is C25H26N4O2. The number of carbonyl (C=O) groups is 1. The Kier molecular flexibility index (Phi) is 6.90. The van der Waals surface area contributed by atoms with Crippen molar-refractivity contribution in [2.75, 3.05) is 13.2 Å². The Balaban J connectivity index is 1.33. The maximum absolute atomic E-state index is 12.2. The summed E-state index contributed by atoms with van der Waals surface area (Å²) >= 11 is 0. The van der Waals surface area contributed by atoms with Crippen molar-refractivity contribution in [3.63, 3.8) is 0 Å². The van der Waals surface area contributed by atoms with E-state index in [0.717, 1.165) is 42.0 Å². The van der Waals surface area contributed by atoms with Crippen LogP contribution < -0.4 is 10.1 Å². The molecule has 4 rings (SSSR count). The van der Waals surface area contributed by atoms with Crippen molar-refractivity contribution < 1.29 is 9.53 Å². The van der Waals surface area contributed by atoms with Gasteiger partial charge in [-0.05, 0) is 49.2 Å². The standard InChI is InChI=1S/C25H26N4O2/c30-25(22-13-6-7-16-26-22)27-17-15-24-28-21-12-4-5-14-23(21)29(24)18-8-9-19-31-20-10-2-1-3-11-20/h1-7,10-14,16H,8-9,15,17-19H2,(H,27,30). The zero-order valence-electron chi connectivity index (χ0n) is 17.4. The zero-order valence-corrected chi connectivity index (χ0v) is 17.4. The first-order valence-corrected chi connectivity index (χ1v) is 10.6. The first-order chi connectivity index (χ1) is 15.3. The number of nitrogens with one attached hydrogen (secondary N) is 1. The van der Waals surface area contributed by atoms with Crippen molar-refractivity contribution in [3.05, 3.63) is 90.5 Å². The number of pyridine rings is 1. The molecule has 4 aromatic rings. The summed E-state index contributed by atoms with van der Waals surface area (Å²) in [7, 11) is 0. The molecule has 2 heterocycles. The minimum atomic E-state index is -0.165. The number of amides is 1. The van der Waals surface area contributed by atoms with Crippen LogP contribution in [0, 0.1) is 0 Å². The number of hydrogen-bond donors (Lipinski definition) is 1. The maximum atomic E-state index is 12.2. The van der Waals surface area contributed by atoms with Gasteiger partial charge in [0.2, 0.25) is 0 Å². The second-order valence-corrected chi connectivity index (χ2v) is 7.26. The Morgan fingerprint density at radius 1 is 0.935 bits per heavy atom. The van der Waals surface area contributed by atoms with Gasteiger partial charge in [0.15, 0.2) is 0 Å². The first kappa shape index (κ1) is 20.6. The number of para-hydroxylation sites is 3. The minimum Gasteiger partial charge on any atom is -0.494 e. The molecule has 6 heteroatoms. The Labute approximate surface area is 181 Å². The van der Waals surface area contributed by atoms with Gasteiger partial charge in [-0.15, -0.1) is 0 Å². The Morgan fingerprint density at radius 3 is 2.58 bits per heavy atom. The van der Waals surface area contributed by atoms with E-state index in [1.54, 1.807) is 18.3 Å². The quantitative estimate of drug-likeness (QED) is 0.394. The van der Waals surface area contributed by atoms with Gasteiger partial charge in [0.1, 0.15) is 17.3 Å². The molecule has 0 aliphatic rings. The van der Waals surface area contributed by atoms with Gasteiger partial charge < -0.3 is 14.6 Å². The van der Waals surface area contributed by atoms with Gasteiger partial charge in [-0.25, -0.2) is 4.98 Å². The lowest BCUT2D eigenvalue weighted by molar-refractivity contribution is 0.0949. The van der Waals surface area contributed by atoms with Crippen LogP contribution in [0.25, 0.3) is 11.0 Å². The first-order valence-electron chi connectivity index (χ1n) is 10.6. The van der Waals surface area contributed by atoms with E-state index in [0.29, 0.717) is 25.3 Å². The molecule has 0 saturated carbocycles. The predicted octanol–water partition coefficient (Wildman–Crippen LogP) is 4.26. The third-order valence-corrected chi connectivity index (χ3v) is 5.05. The van der Waals surface area contributed by atoms with Gasteiger partial charge in [0.25, 0.3) is 5.91 Å². The summed E-state index contributed by atoms with van der Waals surface area (Å²) in [5.41, 5.74) is 2.53. The molecule has 1 N–H and O–H groups in total. The molecule has 0 radical (unpaired) electrons. The highest BCUT2D eigenvalue weighted by atomic mass is 16.5. The van der Waals surface area contributed by atoms with Crippen LogP contribution in [0.15, 0.2) is 79.0 Å². The monoisotopic (exact) mass is 414 g/mol. The summed E-state index contributed by atoms with van der Waals surface area (Å²) in [5.74, 6) is 1.72. The second kappa shape index (κ2) is 10.4. The van der Waals surface area contributed by atoms with Crippen molar-refractivity contribution in [3.8, 4) is 5.75 Å². The highest BCUT2D eigenvalue weighted by molar-refractivity contribution is 5.92. The number of ether oxygens (including phenoxy) is 1. The molecule has 2 aromatic carbocycles. The van der Waals surface area contributed by atoms with Gasteiger partial charge in [-0.3, -0.25) is 9.78 Å². The third-order valence-electron chi connectivity index (χ3n) is 5.05. The molecule has 0 spiro atoms. The second-order valence-electron chi connectivity index (χ2n) is 7.26. The van der Waals surface area contributed by atoms with Crippen molar-refractivity contribution in [2.24, 2.45) is 0 Å². The molecule has 0 aliphatic carbocycles. The lowest BCUT2D eigenvalue weighted by Gasteiger charge is -2.11. The number of aryl methyl sites for hydroxylation is 1. The van der Waals surface area contributed by atoms with Crippen molar-refractivity contribution >= 4 is 16.9 Å². The van der Waals surface area contributed by atoms with E-state index < -0.39 is 0 Å². The smallest absolute Gasteiger partial charge is 0.269 e. The normalized spacial score (nSPS) is 10.8. The lowest BCUT2D eigenvalue weighted by Crippen LogP contribution is -2.27. The van der Waals surface area contributed by atoms with Gasteiger partial charge in [-0.2, -0.15) is 0 Å². The van der Waals surface area contributed by atoms with Crippen molar-refractivity contribution in [2.45, 2.75) is 25.8 Å². The van der Waals surface area contributed by atoms with Crippen LogP contribution in [-0.2, 0) is 13.0 Å². The number of rotatable bonds is 10. The van der Waals surface area contributed by atoms with E-state index in [1.807, 2.05) is 54.6 Å². The number of fused-ring (bicyclic) bond motifs is 1. The molecule has 0 atom stereocenters. The minimum absolute atomic E-state index is 0.165. The topological polar surface area (TPSA) is 69.0 Å². The highest BCUT2D eigenvalue weighted by Crippen LogP contribution is 2.17. The molecule has 1 amide bonds. The Bertz CT molecular complexity index is 1110. The van der Waals surface area contributed by atoms with Crippen LogP contribution in [0.1, 0.15) is 29.2 Å². The van der Waals surface area contributed by atoms with E-state index in [-0.39, 0.29) is 5.91 Å². The van der Waals surface area contributed by atoms with Gasteiger partial charge in [-0.1, -0.05) is 36.4 Å². The zero-order chi connectivity index (χ0) is 21.3. The van der Waals surface area contributed by atoms with Crippen LogP contribution in [-0.4, -0.2) is 33.6 Å². The predicted molar refractivity (Wildman–Crippen MR) is 121 cm³/mol. The molecular weight excluding hydrogens is 388 g/mol. The summed E-state index contributed by atoms with van der Waals surface area (Å²) in [4.78, 5) is 21.1. The summed E-state index contributed by atoms with van der Waals surface area (Å²) in [6.45, 7) is 2.06. The lowest BCUT2D eigenvalue weighted by atomic mass is 10.2. The van der Waals surface area contributed by atoms with Gasteiger partial charge in [0.05, 0.1) is 17.6 Å². The summed E-state index contributed by atoms with van der Waals surface area (Å²) in [6, 6.07) is 23.4. The Hall–Kier alpha value is -3.67. The number of imidazole rings is 1. The van der Waals surface area contributed by atoms with Crippen LogP contribution in [0.4, 0.5) is 0 Å². The number of aromatic nitrogens is 3. The van der Waals surface area contributed by atoms with Gasteiger partial charge >= 0.3 is 0 Å². The van der Waals surface area contributed by atoms with Gasteiger partial charge in [0, 0.05) is 25.7 Å². The molecule has 31 heavy (non-hydrogen) atoms. The molecule has 0 fully saturated rings. The summed E-state index contributed by atoms with van der Waals surface area (Å²) in [5, 5.41) is 2.94. The average molecular weight is 415 g/mol. The fraction of sp³-hybridized carbons (Fsp3) is 0.240. The fourth-order valence-corrected chi connectivity index (χ4v) is 3.52. The average Bonchev–Trinajstić information content (AvgIpc) is 3.17. The van der Waals surface area contributed by atoms with Crippen molar-refractivity contribution in [1.82, 2.24) is 19.9 Å². The largest absolute Gasteiger partial charge is 0.494 e. The van der Waals surface area contributed by atoms with Crippen LogP contribution >= 0.6 is 0 Å². The number of carbonyl (C=O) groups excluding carboxylic acids is 1. The van der Waals surface area contributed by atoms with Crippen LogP contribution in [0.2, 0.25) is 0 Å². The van der Waals surface area contributed by atoms with E-state index in [9.17, 15) is 4.79 Å². The molecule has 158 valence electrons. The van der Waals surface area contributed by atoms with E-state index in [4.69, 9.17) is 9.72 Å². The van der Waals surface area contributed by atoms with Crippen LogP contribution in [0.3, 0.4) is 0 Å².